The molecule has 1 aromatic rings. The number of nitrogens with two attached hydrogens (primary N) is 1. The number of nitrogen functional groups attached to an aromatic ring is 1. The molecule has 1 aliphatic carbocycles. The SMILES string of the molecule is CCN(Cc1ccccc1N)CC1CC1. The van der Waals surface area contributed by atoms with Crippen LogP contribution in [0, 0.1) is 5.92 Å². The van der Waals surface area contributed by atoms with E-state index in [-0.39, 0.29) is 0 Å². The summed E-state index contributed by atoms with van der Waals surface area (Å²) < 4.78 is 0. The molecule has 0 spiro atoms. The van der Waals surface area contributed by atoms with Crippen molar-refractivity contribution in [2.45, 2.75) is 26.3 Å². The van der Waals surface area contributed by atoms with E-state index in [0.29, 0.717) is 0 Å². The molecule has 2 nitrogen and oxygen atoms in total. The van der Waals surface area contributed by atoms with Gasteiger partial charge < -0.3 is 5.73 Å². The Morgan fingerprint density at radius 3 is 2.67 bits per heavy atom. The third-order valence-corrected chi connectivity index (χ3v) is 3.11. The Hall–Kier alpha value is -1.02. The van der Waals surface area contributed by atoms with Crippen LogP contribution in [0.3, 0.4) is 0 Å². The monoisotopic (exact) mass is 204 g/mol. The lowest BCUT2D eigenvalue weighted by molar-refractivity contribution is 0.269. The van der Waals surface area contributed by atoms with E-state index in [1.807, 2.05) is 12.1 Å². The van der Waals surface area contributed by atoms with E-state index in [2.05, 4.69) is 24.0 Å². The summed E-state index contributed by atoms with van der Waals surface area (Å²) >= 11 is 0. The van der Waals surface area contributed by atoms with Crippen LogP contribution in [0.1, 0.15) is 25.3 Å². The van der Waals surface area contributed by atoms with Crippen LogP contribution in [0.5, 0.6) is 0 Å². The first-order chi connectivity index (χ1) is 7.29. The van der Waals surface area contributed by atoms with Crippen LogP contribution >= 0.6 is 0 Å². The van der Waals surface area contributed by atoms with Gasteiger partial charge in [-0.1, -0.05) is 25.1 Å². The second-order valence-electron chi connectivity index (χ2n) is 4.47. The molecule has 0 unspecified atom stereocenters. The minimum absolute atomic E-state index is 0.923. The third kappa shape index (κ3) is 2.96. The van der Waals surface area contributed by atoms with Crippen molar-refractivity contribution in [1.82, 2.24) is 4.90 Å². The predicted octanol–water partition coefficient (Wildman–Crippen LogP) is 2.50. The number of para-hydroxylation sites is 1. The van der Waals surface area contributed by atoms with E-state index in [9.17, 15) is 0 Å². The van der Waals surface area contributed by atoms with Crippen LogP contribution in [0.15, 0.2) is 24.3 Å². The van der Waals surface area contributed by atoms with Gasteiger partial charge in [-0.3, -0.25) is 4.90 Å². The Labute approximate surface area is 92.1 Å². The van der Waals surface area contributed by atoms with E-state index in [1.165, 1.54) is 24.9 Å². The van der Waals surface area contributed by atoms with E-state index < -0.39 is 0 Å². The largest absolute Gasteiger partial charge is 0.398 e. The fraction of sp³-hybridized carbons (Fsp3) is 0.538. The molecule has 0 radical (unpaired) electrons. The van der Waals surface area contributed by atoms with Crippen molar-refractivity contribution in [2.75, 3.05) is 18.8 Å². The van der Waals surface area contributed by atoms with Gasteiger partial charge in [0.2, 0.25) is 0 Å². The molecule has 0 saturated heterocycles. The zero-order valence-electron chi connectivity index (χ0n) is 9.45. The van der Waals surface area contributed by atoms with Crippen LogP contribution < -0.4 is 5.73 Å². The lowest BCUT2D eigenvalue weighted by Crippen LogP contribution is -2.25. The molecule has 1 aliphatic rings. The second-order valence-corrected chi connectivity index (χ2v) is 4.47. The zero-order valence-corrected chi connectivity index (χ0v) is 9.45. The van der Waals surface area contributed by atoms with E-state index in [0.717, 1.165) is 24.7 Å². The topological polar surface area (TPSA) is 29.3 Å². The van der Waals surface area contributed by atoms with Crippen LogP contribution in [0.2, 0.25) is 0 Å². The lowest BCUT2D eigenvalue weighted by atomic mass is 10.1. The summed E-state index contributed by atoms with van der Waals surface area (Å²) in [5.74, 6) is 0.954. The van der Waals surface area contributed by atoms with Gasteiger partial charge in [-0.15, -0.1) is 0 Å². The third-order valence-electron chi connectivity index (χ3n) is 3.11. The molecule has 0 heterocycles. The second kappa shape index (κ2) is 4.67. The van der Waals surface area contributed by atoms with Gasteiger partial charge in [-0.2, -0.15) is 0 Å². The van der Waals surface area contributed by atoms with Gasteiger partial charge in [0.25, 0.3) is 0 Å². The van der Waals surface area contributed by atoms with Gasteiger partial charge in [-0.25, -0.2) is 0 Å². The molecule has 0 aromatic heterocycles. The molecule has 1 saturated carbocycles. The Kier molecular flexibility index (Phi) is 3.27. The molecule has 1 fully saturated rings. The van der Waals surface area contributed by atoms with Gasteiger partial charge in [-0.05, 0) is 36.9 Å². The maximum absolute atomic E-state index is 5.94. The number of anilines is 1. The highest BCUT2D eigenvalue weighted by molar-refractivity contribution is 5.46. The average molecular weight is 204 g/mol. The minimum Gasteiger partial charge on any atom is -0.398 e. The molecule has 0 amide bonds. The molecule has 0 aliphatic heterocycles. The number of nitrogens with zero attached hydrogens (tertiary/aromatic N) is 1. The quantitative estimate of drug-likeness (QED) is 0.747. The molecule has 82 valence electrons. The number of benzene rings is 1. The van der Waals surface area contributed by atoms with E-state index in [4.69, 9.17) is 5.73 Å². The highest BCUT2D eigenvalue weighted by Gasteiger charge is 2.23. The van der Waals surface area contributed by atoms with Gasteiger partial charge in [0.05, 0.1) is 0 Å². The number of hydrogen-bond acceptors (Lipinski definition) is 2. The van der Waals surface area contributed by atoms with Gasteiger partial charge >= 0.3 is 0 Å². The van der Waals surface area contributed by atoms with Crippen molar-refractivity contribution in [3.63, 3.8) is 0 Å². The van der Waals surface area contributed by atoms with Crippen LogP contribution in [0.25, 0.3) is 0 Å². The molecule has 2 heteroatoms. The van der Waals surface area contributed by atoms with E-state index >= 15 is 0 Å². The first kappa shape index (κ1) is 10.5. The first-order valence-electron chi connectivity index (χ1n) is 5.85. The van der Waals surface area contributed by atoms with Crippen molar-refractivity contribution in [2.24, 2.45) is 5.92 Å². The Morgan fingerprint density at radius 1 is 1.33 bits per heavy atom. The highest BCUT2D eigenvalue weighted by atomic mass is 15.1. The fourth-order valence-electron chi connectivity index (χ4n) is 1.89. The molecule has 0 atom stereocenters. The molecular weight excluding hydrogens is 184 g/mol. The van der Waals surface area contributed by atoms with Crippen molar-refractivity contribution >= 4 is 5.69 Å². The number of hydrogen-bond donors (Lipinski definition) is 1. The van der Waals surface area contributed by atoms with Crippen molar-refractivity contribution in [1.29, 1.82) is 0 Å². The van der Waals surface area contributed by atoms with E-state index in [1.54, 1.807) is 0 Å². The van der Waals surface area contributed by atoms with Crippen molar-refractivity contribution in [3.8, 4) is 0 Å². The van der Waals surface area contributed by atoms with Crippen LogP contribution in [-0.4, -0.2) is 18.0 Å². The zero-order chi connectivity index (χ0) is 10.7. The molecular formula is C13H20N2. The van der Waals surface area contributed by atoms with Crippen LogP contribution in [-0.2, 0) is 6.54 Å². The Bertz CT molecular complexity index is 318. The molecule has 1 aromatic carbocycles. The summed E-state index contributed by atoms with van der Waals surface area (Å²) in [5, 5.41) is 0. The Balaban J connectivity index is 1.95. The summed E-state index contributed by atoms with van der Waals surface area (Å²) in [6.45, 7) is 5.58. The molecule has 15 heavy (non-hydrogen) atoms. The van der Waals surface area contributed by atoms with Crippen LogP contribution in [0.4, 0.5) is 5.69 Å². The summed E-state index contributed by atoms with van der Waals surface area (Å²) in [4.78, 5) is 2.49. The summed E-state index contributed by atoms with van der Waals surface area (Å²) in [6.07, 6.45) is 2.83. The first-order valence-corrected chi connectivity index (χ1v) is 5.85. The van der Waals surface area contributed by atoms with Crippen molar-refractivity contribution < 1.29 is 0 Å². The molecule has 2 N–H and O–H groups in total. The smallest absolute Gasteiger partial charge is 0.0359 e. The standard InChI is InChI=1S/C13H20N2/c1-2-15(9-11-7-8-11)10-12-5-3-4-6-13(12)14/h3-6,11H,2,7-10,14H2,1H3. The normalized spacial score (nSPS) is 15.9. The van der Waals surface area contributed by atoms with Gasteiger partial charge in [0.15, 0.2) is 0 Å². The predicted molar refractivity (Wildman–Crippen MR) is 64.5 cm³/mol. The summed E-state index contributed by atoms with van der Waals surface area (Å²) in [7, 11) is 0. The Morgan fingerprint density at radius 2 is 2.07 bits per heavy atom. The molecule has 2 rings (SSSR count). The summed E-state index contributed by atoms with van der Waals surface area (Å²) in [5.41, 5.74) is 8.13. The fourth-order valence-corrected chi connectivity index (χ4v) is 1.89. The number of rotatable bonds is 5. The maximum atomic E-state index is 5.94. The average Bonchev–Trinajstić information content (AvgIpc) is 3.04. The van der Waals surface area contributed by atoms with Gasteiger partial charge in [0.1, 0.15) is 0 Å². The highest BCUT2D eigenvalue weighted by Crippen LogP contribution is 2.30. The summed E-state index contributed by atoms with van der Waals surface area (Å²) in [6, 6.07) is 8.18. The maximum Gasteiger partial charge on any atom is 0.0359 e. The lowest BCUT2D eigenvalue weighted by Gasteiger charge is -2.20. The van der Waals surface area contributed by atoms with Crippen molar-refractivity contribution in [3.05, 3.63) is 29.8 Å². The van der Waals surface area contributed by atoms with Gasteiger partial charge in [0, 0.05) is 18.8 Å². The minimum atomic E-state index is 0.923. The molecule has 0 bridgehead atoms.